The predicted molar refractivity (Wildman–Crippen MR) is 154 cm³/mol. The quantitative estimate of drug-likeness (QED) is 0.115. The van der Waals surface area contributed by atoms with Gasteiger partial charge in [0.1, 0.15) is 5.84 Å². The van der Waals surface area contributed by atoms with Gasteiger partial charge in [-0.05, 0) is 60.2 Å². The lowest BCUT2D eigenvalue weighted by atomic mass is 10.00. The number of nitrogens with two attached hydrogens (primary N) is 1. The molecule has 0 unspecified atom stereocenters. The summed E-state index contributed by atoms with van der Waals surface area (Å²) in [5.74, 6) is 0.415. The Morgan fingerprint density at radius 1 is 1.11 bits per heavy atom. The van der Waals surface area contributed by atoms with Crippen LogP contribution >= 0.6 is 34.9 Å². The first-order valence-corrected chi connectivity index (χ1v) is 15.8. The maximum Gasteiger partial charge on any atom is 0.234 e. The molecule has 0 saturated carbocycles. The molecule has 2 aromatic carbocycles. The smallest absolute Gasteiger partial charge is 0.234 e. The summed E-state index contributed by atoms with van der Waals surface area (Å²) in [5.41, 5.74) is 8.67. The summed E-state index contributed by atoms with van der Waals surface area (Å²) in [7, 11) is -2.25. The zero-order valence-corrected chi connectivity index (χ0v) is 23.8. The van der Waals surface area contributed by atoms with Gasteiger partial charge >= 0.3 is 0 Å². The number of carbonyl (C=O) groups is 2. The van der Waals surface area contributed by atoms with Crippen molar-refractivity contribution in [2.24, 2.45) is 5.73 Å². The maximum atomic E-state index is 13.5. The number of amidine groups is 1. The SMILES string of the molecule is CNC(=O)CCSCC(=O)Nc1ccc(-c2cccc(S(=O)(=O)c3cc(C(=N)N)sc3SC)c2)c(C)c1. The fraction of sp³-hybridized carbons (Fsp3) is 0.240. The summed E-state index contributed by atoms with van der Waals surface area (Å²) in [6.07, 6.45) is 2.15. The van der Waals surface area contributed by atoms with E-state index < -0.39 is 9.84 Å². The third-order valence-corrected chi connectivity index (χ3v) is 10.7. The molecule has 8 nitrogen and oxygen atoms in total. The Labute approximate surface area is 229 Å². The average molecular weight is 577 g/mol. The van der Waals surface area contributed by atoms with Crippen LogP contribution in [0, 0.1) is 12.3 Å². The van der Waals surface area contributed by atoms with Crippen LogP contribution in [0.25, 0.3) is 11.1 Å². The van der Waals surface area contributed by atoms with Gasteiger partial charge < -0.3 is 16.4 Å². The van der Waals surface area contributed by atoms with Crippen molar-refractivity contribution in [3.8, 4) is 11.1 Å². The number of nitrogen functional groups attached to an aromatic ring is 1. The number of benzene rings is 2. The van der Waals surface area contributed by atoms with Crippen LogP contribution in [-0.4, -0.2) is 50.9 Å². The molecule has 3 aromatic rings. The Morgan fingerprint density at radius 2 is 1.86 bits per heavy atom. The fourth-order valence-corrected chi connectivity index (χ4v) is 8.13. The third-order valence-electron chi connectivity index (χ3n) is 5.36. The van der Waals surface area contributed by atoms with Gasteiger partial charge in [0.2, 0.25) is 21.7 Å². The Kier molecular flexibility index (Phi) is 9.82. The highest BCUT2D eigenvalue weighted by molar-refractivity contribution is 8.01. The number of carbonyl (C=O) groups excluding carboxylic acids is 2. The molecule has 0 atom stereocenters. The van der Waals surface area contributed by atoms with Gasteiger partial charge in [0, 0.05) is 24.9 Å². The number of hydrogen-bond donors (Lipinski definition) is 4. The van der Waals surface area contributed by atoms with Crippen molar-refractivity contribution in [1.29, 1.82) is 5.41 Å². The second kappa shape index (κ2) is 12.6. The van der Waals surface area contributed by atoms with Crippen molar-refractivity contribution in [3.05, 3.63) is 59.0 Å². The van der Waals surface area contributed by atoms with Crippen LogP contribution in [0.5, 0.6) is 0 Å². The average Bonchev–Trinajstić information content (AvgIpc) is 3.32. The van der Waals surface area contributed by atoms with E-state index in [-0.39, 0.29) is 33.2 Å². The molecule has 3 rings (SSSR count). The minimum Gasteiger partial charge on any atom is -0.383 e. The molecule has 2 amide bonds. The summed E-state index contributed by atoms with van der Waals surface area (Å²) >= 11 is 3.88. The summed E-state index contributed by atoms with van der Waals surface area (Å²) in [6, 6.07) is 13.7. The molecule has 0 aliphatic rings. The Balaban J connectivity index is 1.78. The van der Waals surface area contributed by atoms with Crippen LogP contribution in [0.2, 0.25) is 0 Å². The summed E-state index contributed by atoms with van der Waals surface area (Å²) in [4.78, 5) is 24.2. The second-order valence-corrected chi connectivity index (χ2v) is 13.1. The number of sulfone groups is 1. The van der Waals surface area contributed by atoms with E-state index in [0.717, 1.165) is 16.7 Å². The van der Waals surface area contributed by atoms with E-state index in [1.54, 1.807) is 37.6 Å². The molecule has 0 aliphatic heterocycles. The minimum atomic E-state index is -3.83. The molecule has 0 aliphatic carbocycles. The number of thioether (sulfide) groups is 2. The van der Waals surface area contributed by atoms with Gasteiger partial charge in [0.05, 0.1) is 24.6 Å². The van der Waals surface area contributed by atoms with Crippen molar-refractivity contribution in [2.75, 3.05) is 30.1 Å². The maximum absolute atomic E-state index is 13.5. The van der Waals surface area contributed by atoms with E-state index in [0.29, 0.717) is 26.9 Å². The van der Waals surface area contributed by atoms with Gasteiger partial charge in [-0.15, -0.1) is 23.1 Å². The normalized spacial score (nSPS) is 11.2. The van der Waals surface area contributed by atoms with Gasteiger partial charge in [-0.1, -0.05) is 18.2 Å². The number of anilines is 1. The van der Waals surface area contributed by atoms with E-state index in [9.17, 15) is 18.0 Å². The van der Waals surface area contributed by atoms with E-state index in [4.69, 9.17) is 11.1 Å². The van der Waals surface area contributed by atoms with Crippen LogP contribution in [0.15, 0.2) is 62.5 Å². The largest absolute Gasteiger partial charge is 0.383 e. The summed E-state index contributed by atoms with van der Waals surface area (Å²) in [6.45, 7) is 1.90. The molecule has 0 fully saturated rings. The van der Waals surface area contributed by atoms with Gasteiger partial charge in [-0.3, -0.25) is 15.0 Å². The lowest BCUT2D eigenvalue weighted by Crippen LogP contribution is -2.19. The molecule has 1 aromatic heterocycles. The molecule has 1 heterocycles. The van der Waals surface area contributed by atoms with Crippen molar-refractivity contribution < 1.29 is 18.0 Å². The summed E-state index contributed by atoms with van der Waals surface area (Å²) in [5, 5.41) is 13.1. The molecule has 5 N–H and O–H groups in total. The monoisotopic (exact) mass is 576 g/mol. The van der Waals surface area contributed by atoms with Crippen LogP contribution in [0.1, 0.15) is 16.9 Å². The van der Waals surface area contributed by atoms with Gasteiger partial charge in [0.15, 0.2) is 0 Å². The third kappa shape index (κ3) is 7.16. The predicted octanol–water partition coefficient (Wildman–Crippen LogP) is 4.37. The zero-order chi connectivity index (χ0) is 27.2. The molecule has 0 bridgehead atoms. The van der Waals surface area contributed by atoms with Crippen LogP contribution in [0.3, 0.4) is 0 Å². The first kappa shape index (κ1) is 28.8. The second-order valence-electron chi connectivity index (χ2n) is 7.97. The molecule has 196 valence electrons. The number of amides is 2. The van der Waals surface area contributed by atoms with Gasteiger partial charge in [0.25, 0.3) is 0 Å². The van der Waals surface area contributed by atoms with E-state index >= 15 is 0 Å². The van der Waals surface area contributed by atoms with Crippen LogP contribution in [-0.2, 0) is 19.4 Å². The van der Waals surface area contributed by atoms with Crippen LogP contribution in [0.4, 0.5) is 5.69 Å². The topological polar surface area (TPSA) is 142 Å². The van der Waals surface area contributed by atoms with E-state index in [1.165, 1.54) is 40.9 Å². The molecule has 12 heteroatoms. The molecule has 0 spiro atoms. The molecular weight excluding hydrogens is 549 g/mol. The molecule has 37 heavy (non-hydrogen) atoms. The Morgan fingerprint density at radius 3 is 2.51 bits per heavy atom. The van der Waals surface area contributed by atoms with Gasteiger partial charge in [-0.25, -0.2) is 8.42 Å². The highest BCUT2D eigenvalue weighted by Gasteiger charge is 2.25. The number of nitrogens with one attached hydrogen (secondary N) is 3. The highest BCUT2D eigenvalue weighted by atomic mass is 32.2. The first-order chi connectivity index (χ1) is 17.6. The fourth-order valence-electron chi connectivity index (χ4n) is 3.49. The highest BCUT2D eigenvalue weighted by Crippen LogP contribution is 2.38. The van der Waals surface area contributed by atoms with Crippen molar-refractivity contribution in [3.63, 3.8) is 0 Å². The molecule has 0 saturated heterocycles. The van der Waals surface area contributed by atoms with Gasteiger partial charge in [-0.2, -0.15) is 11.8 Å². The van der Waals surface area contributed by atoms with E-state index in [2.05, 4.69) is 10.6 Å². The van der Waals surface area contributed by atoms with Crippen molar-refractivity contribution >= 4 is 68.0 Å². The number of rotatable bonds is 11. The number of hydrogen-bond acceptors (Lipinski definition) is 8. The zero-order valence-electron chi connectivity index (χ0n) is 20.6. The molecule has 0 radical (unpaired) electrons. The molecular formula is C25H28N4O4S4. The minimum absolute atomic E-state index is 0.0585. The van der Waals surface area contributed by atoms with Crippen molar-refractivity contribution in [1.82, 2.24) is 5.32 Å². The summed E-state index contributed by atoms with van der Waals surface area (Å²) < 4.78 is 27.5. The lowest BCUT2D eigenvalue weighted by molar-refractivity contribution is -0.120. The first-order valence-electron chi connectivity index (χ1n) is 11.1. The van der Waals surface area contributed by atoms with E-state index in [1.807, 2.05) is 25.1 Å². The Hall–Kier alpha value is -2.80. The lowest BCUT2D eigenvalue weighted by Gasteiger charge is -2.12. The number of thiophene rings is 1. The Bertz CT molecular complexity index is 1430. The van der Waals surface area contributed by atoms with Crippen LogP contribution < -0.4 is 16.4 Å². The number of aryl methyl sites for hydroxylation is 1. The standard InChI is InChI=1S/C25H28N4O4S4/c1-15-11-17(29-23(31)14-35-10-9-22(30)28-2)7-8-19(15)16-5-4-6-18(12-16)37(32,33)21-13-20(24(26)27)36-25(21)34-3/h4-8,11-13H,9-10,14H2,1-3H3,(H3,26,27)(H,28,30)(H,29,31). The van der Waals surface area contributed by atoms with Crippen molar-refractivity contribution in [2.45, 2.75) is 27.3 Å².